The molecule has 1 unspecified atom stereocenters. The summed E-state index contributed by atoms with van der Waals surface area (Å²) in [5.41, 5.74) is 1.83. The van der Waals surface area contributed by atoms with Gasteiger partial charge in [0.05, 0.1) is 11.5 Å². The lowest BCUT2D eigenvalue weighted by Crippen LogP contribution is -2.17. The molecule has 94 valence electrons. The molecule has 1 aromatic heterocycles. The van der Waals surface area contributed by atoms with Gasteiger partial charge in [-0.25, -0.2) is 18.4 Å². The van der Waals surface area contributed by atoms with Gasteiger partial charge in [0.25, 0.3) is 0 Å². The predicted molar refractivity (Wildman–Crippen MR) is 66.8 cm³/mol. The minimum Gasteiger partial charge on any atom is -0.354 e. The predicted octanol–water partition coefficient (Wildman–Crippen LogP) is 0.940. The van der Waals surface area contributed by atoms with Crippen molar-refractivity contribution in [3.05, 3.63) is 17.5 Å². The molecule has 5 nitrogen and oxygen atoms in total. The van der Waals surface area contributed by atoms with Crippen LogP contribution in [-0.4, -0.2) is 36.4 Å². The van der Waals surface area contributed by atoms with Gasteiger partial charge in [-0.05, 0) is 32.3 Å². The first kappa shape index (κ1) is 12.3. The van der Waals surface area contributed by atoms with E-state index in [9.17, 15) is 8.42 Å². The lowest BCUT2D eigenvalue weighted by Gasteiger charge is -2.10. The Kier molecular flexibility index (Phi) is 3.33. The van der Waals surface area contributed by atoms with E-state index in [4.69, 9.17) is 0 Å². The van der Waals surface area contributed by atoms with Crippen LogP contribution in [0.1, 0.15) is 17.8 Å². The van der Waals surface area contributed by atoms with E-state index in [1.165, 1.54) is 0 Å². The van der Waals surface area contributed by atoms with Crippen LogP contribution in [0.15, 0.2) is 6.07 Å². The van der Waals surface area contributed by atoms with Crippen molar-refractivity contribution < 1.29 is 8.42 Å². The van der Waals surface area contributed by atoms with Crippen LogP contribution in [0.5, 0.6) is 0 Å². The Labute approximate surface area is 102 Å². The number of nitrogens with zero attached hydrogens (tertiary/aromatic N) is 2. The van der Waals surface area contributed by atoms with Gasteiger partial charge < -0.3 is 5.32 Å². The molecule has 1 N–H and O–H groups in total. The van der Waals surface area contributed by atoms with Gasteiger partial charge in [0.2, 0.25) is 5.95 Å². The fraction of sp³-hybridized carbons (Fsp3) is 0.636. The maximum atomic E-state index is 11.3. The Morgan fingerprint density at radius 1 is 1.35 bits per heavy atom. The molecule has 0 amide bonds. The van der Waals surface area contributed by atoms with E-state index in [1.807, 2.05) is 19.9 Å². The standard InChI is InChI=1S/C11H17N3O2S/c1-8-5-9(2)14-11(13-8)12-6-10-3-4-17(15,16)7-10/h5,10H,3-4,6-7H2,1-2H3,(H,12,13,14). The van der Waals surface area contributed by atoms with Crippen molar-refractivity contribution in [1.82, 2.24) is 9.97 Å². The molecule has 0 radical (unpaired) electrons. The molecule has 1 aromatic rings. The summed E-state index contributed by atoms with van der Waals surface area (Å²) in [4.78, 5) is 8.52. The average molecular weight is 255 g/mol. The number of hydrogen-bond acceptors (Lipinski definition) is 5. The van der Waals surface area contributed by atoms with Gasteiger partial charge in [-0.2, -0.15) is 0 Å². The molecule has 2 rings (SSSR count). The second-order valence-electron chi connectivity index (χ2n) is 4.62. The summed E-state index contributed by atoms with van der Waals surface area (Å²) in [6, 6.07) is 1.91. The van der Waals surface area contributed by atoms with Crippen molar-refractivity contribution in [1.29, 1.82) is 0 Å². The van der Waals surface area contributed by atoms with Crippen LogP contribution in [-0.2, 0) is 9.84 Å². The van der Waals surface area contributed by atoms with E-state index in [0.29, 0.717) is 18.2 Å². The largest absolute Gasteiger partial charge is 0.354 e. The number of aryl methyl sites for hydroxylation is 2. The smallest absolute Gasteiger partial charge is 0.223 e. The SMILES string of the molecule is Cc1cc(C)nc(NCC2CCS(=O)(=O)C2)n1. The van der Waals surface area contributed by atoms with E-state index in [2.05, 4.69) is 15.3 Å². The first-order valence-electron chi connectivity index (χ1n) is 5.71. The minimum absolute atomic E-state index is 0.185. The number of rotatable bonds is 3. The molecule has 1 aliphatic heterocycles. The Morgan fingerprint density at radius 3 is 2.53 bits per heavy atom. The molecule has 1 atom stereocenters. The van der Waals surface area contributed by atoms with Crippen molar-refractivity contribution >= 4 is 15.8 Å². The Bertz CT molecular complexity index is 493. The van der Waals surface area contributed by atoms with Gasteiger partial charge >= 0.3 is 0 Å². The zero-order chi connectivity index (χ0) is 12.5. The fourth-order valence-corrected chi connectivity index (χ4v) is 3.94. The van der Waals surface area contributed by atoms with Crippen molar-refractivity contribution in [3.8, 4) is 0 Å². The molecular formula is C11H17N3O2S. The summed E-state index contributed by atoms with van der Waals surface area (Å²) in [7, 11) is -2.80. The first-order valence-corrected chi connectivity index (χ1v) is 7.53. The number of hydrogen-bond donors (Lipinski definition) is 1. The van der Waals surface area contributed by atoms with Crippen LogP contribution < -0.4 is 5.32 Å². The third-order valence-corrected chi connectivity index (χ3v) is 4.69. The van der Waals surface area contributed by atoms with Crippen molar-refractivity contribution in [2.24, 2.45) is 5.92 Å². The van der Waals surface area contributed by atoms with E-state index in [-0.39, 0.29) is 11.7 Å². The summed E-state index contributed by atoms with van der Waals surface area (Å²) in [6.07, 6.45) is 0.736. The Morgan fingerprint density at radius 2 is 2.00 bits per heavy atom. The van der Waals surface area contributed by atoms with Gasteiger partial charge in [0, 0.05) is 17.9 Å². The van der Waals surface area contributed by atoms with Gasteiger partial charge in [-0.15, -0.1) is 0 Å². The summed E-state index contributed by atoms with van der Waals surface area (Å²) in [6.45, 7) is 4.46. The monoisotopic (exact) mass is 255 g/mol. The lowest BCUT2D eigenvalue weighted by atomic mass is 10.1. The molecule has 1 fully saturated rings. The highest BCUT2D eigenvalue weighted by Gasteiger charge is 2.27. The fourth-order valence-electron chi connectivity index (χ4n) is 2.07. The number of sulfone groups is 1. The molecule has 1 aliphatic rings. The van der Waals surface area contributed by atoms with Crippen LogP contribution >= 0.6 is 0 Å². The first-order chi connectivity index (χ1) is 7.94. The highest BCUT2D eigenvalue weighted by molar-refractivity contribution is 7.91. The number of anilines is 1. The Balaban J connectivity index is 1.94. The Hall–Kier alpha value is -1.17. The third-order valence-electron chi connectivity index (χ3n) is 2.86. The van der Waals surface area contributed by atoms with E-state index in [1.54, 1.807) is 0 Å². The summed E-state index contributed by atoms with van der Waals surface area (Å²) in [5.74, 6) is 1.37. The van der Waals surface area contributed by atoms with Crippen molar-refractivity contribution in [2.45, 2.75) is 20.3 Å². The highest BCUT2D eigenvalue weighted by Crippen LogP contribution is 2.18. The van der Waals surface area contributed by atoms with Crippen molar-refractivity contribution in [3.63, 3.8) is 0 Å². The molecule has 17 heavy (non-hydrogen) atoms. The van der Waals surface area contributed by atoms with Crippen LogP contribution in [0.3, 0.4) is 0 Å². The van der Waals surface area contributed by atoms with Gasteiger partial charge in [-0.1, -0.05) is 0 Å². The van der Waals surface area contributed by atoms with Crippen LogP contribution in [0.25, 0.3) is 0 Å². The molecule has 1 saturated heterocycles. The molecule has 6 heteroatoms. The zero-order valence-corrected chi connectivity index (χ0v) is 10.9. The van der Waals surface area contributed by atoms with E-state index >= 15 is 0 Å². The normalized spacial score (nSPS) is 22.6. The molecule has 0 bridgehead atoms. The summed E-state index contributed by atoms with van der Waals surface area (Å²) in [5, 5.41) is 3.12. The second kappa shape index (κ2) is 4.60. The molecule has 0 spiro atoms. The lowest BCUT2D eigenvalue weighted by molar-refractivity contribution is 0.595. The summed E-state index contributed by atoms with van der Waals surface area (Å²) < 4.78 is 22.6. The molecular weight excluding hydrogens is 238 g/mol. The van der Waals surface area contributed by atoms with Gasteiger partial charge in [0.1, 0.15) is 0 Å². The topological polar surface area (TPSA) is 72.0 Å². The van der Waals surface area contributed by atoms with Crippen molar-refractivity contribution in [2.75, 3.05) is 23.4 Å². The number of nitrogens with one attached hydrogen (secondary N) is 1. The molecule has 0 aromatic carbocycles. The van der Waals surface area contributed by atoms with Gasteiger partial charge in [0.15, 0.2) is 9.84 Å². The van der Waals surface area contributed by atoms with E-state index in [0.717, 1.165) is 17.8 Å². The highest BCUT2D eigenvalue weighted by atomic mass is 32.2. The maximum Gasteiger partial charge on any atom is 0.223 e. The minimum atomic E-state index is -2.80. The molecule has 0 aliphatic carbocycles. The van der Waals surface area contributed by atoms with Crippen LogP contribution in [0.2, 0.25) is 0 Å². The van der Waals surface area contributed by atoms with Crippen LogP contribution in [0, 0.1) is 19.8 Å². The average Bonchev–Trinajstić information content (AvgIpc) is 2.54. The second-order valence-corrected chi connectivity index (χ2v) is 6.85. The molecule has 0 saturated carbocycles. The third kappa shape index (κ3) is 3.39. The van der Waals surface area contributed by atoms with Gasteiger partial charge in [-0.3, -0.25) is 0 Å². The number of aromatic nitrogens is 2. The van der Waals surface area contributed by atoms with E-state index < -0.39 is 9.84 Å². The quantitative estimate of drug-likeness (QED) is 0.870. The summed E-state index contributed by atoms with van der Waals surface area (Å²) >= 11 is 0. The van der Waals surface area contributed by atoms with Crippen LogP contribution in [0.4, 0.5) is 5.95 Å². The zero-order valence-electron chi connectivity index (χ0n) is 10.1. The maximum absolute atomic E-state index is 11.3. The molecule has 2 heterocycles.